The number of nitro groups is 1. The number of alkyl carbamates (subject to hydrolysis) is 1. The number of nitrogens with one attached hydrogen (secondary N) is 2. The highest BCUT2D eigenvalue weighted by Gasteiger charge is 2.21. The van der Waals surface area contributed by atoms with E-state index in [0.29, 0.717) is 49.2 Å². The van der Waals surface area contributed by atoms with E-state index in [1.54, 1.807) is 26.8 Å². The first-order valence-electron chi connectivity index (χ1n) is 10.0. The van der Waals surface area contributed by atoms with E-state index in [-0.39, 0.29) is 11.7 Å². The van der Waals surface area contributed by atoms with Crippen LogP contribution in [-0.2, 0) is 9.47 Å². The van der Waals surface area contributed by atoms with Gasteiger partial charge in [0.05, 0.1) is 17.0 Å². The van der Waals surface area contributed by atoms with Gasteiger partial charge in [0.1, 0.15) is 17.5 Å². The average Bonchev–Trinajstić information content (AvgIpc) is 2.67. The van der Waals surface area contributed by atoms with Gasteiger partial charge >= 0.3 is 11.8 Å². The molecule has 0 aliphatic rings. The first-order valence-corrected chi connectivity index (χ1v) is 10.0. The van der Waals surface area contributed by atoms with Gasteiger partial charge in [-0.25, -0.2) is 9.78 Å². The molecule has 0 bridgehead atoms. The van der Waals surface area contributed by atoms with E-state index in [1.807, 2.05) is 25.1 Å². The summed E-state index contributed by atoms with van der Waals surface area (Å²) < 4.78 is 10.8. The van der Waals surface area contributed by atoms with Crippen molar-refractivity contribution in [1.82, 2.24) is 10.3 Å². The monoisotopic (exact) mass is 418 g/mol. The van der Waals surface area contributed by atoms with Gasteiger partial charge in [0.2, 0.25) is 0 Å². The van der Waals surface area contributed by atoms with Crippen LogP contribution in [0.5, 0.6) is 0 Å². The normalized spacial score (nSPS) is 12.4. The number of carbonyl (C=O) groups is 1. The second kappa shape index (κ2) is 10.7. The molecule has 164 valence electrons. The Hall–Kier alpha value is -2.94. The zero-order chi connectivity index (χ0) is 22.1. The van der Waals surface area contributed by atoms with E-state index in [9.17, 15) is 14.9 Å². The van der Waals surface area contributed by atoms with Crippen LogP contribution in [0.25, 0.3) is 10.9 Å². The molecule has 0 aliphatic carbocycles. The number of amides is 1. The van der Waals surface area contributed by atoms with Crippen molar-refractivity contribution >= 4 is 28.4 Å². The van der Waals surface area contributed by atoms with Gasteiger partial charge in [0.25, 0.3) is 0 Å². The molecule has 0 unspecified atom stereocenters. The number of nitrogens with zero attached hydrogens (tertiary/aromatic N) is 2. The molecule has 0 radical (unpaired) electrons. The van der Waals surface area contributed by atoms with Crippen LogP contribution in [0.3, 0.4) is 0 Å². The molecule has 2 aromatic rings. The lowest BCUT2D eigenvalue weighted by atomic mass is 10.1. The average molecular weight is 418 g/mol. The quantitative estimate of drug-likeness (QED) is 0.336. The number of benzene rings is 1. The van der Waals surface area contributed by atoms with Crippen LogP contribution in [0.1, 0.15) is 40.5 Å². The van der Waals surface area contributed by atoms with Crippen LogP contribution in [0.15, 0.2) is 30.5 Å². The van der Waals surface area contributed by atoms with Gasteiger partial charge in [-0.1, -0.05) is 18.2 Å². The number of para-hydroxylation sites is 1. The first kappa shape index (κ1) is 23.3. The molecule has 30 heavy (non-hydrogen) atoms. The fourth-order valence-corrected chi connectivity index (χ4v) is 2.94. The molecular formula is C21H30N4O5. The second-order valence-corrected chi connectivity index (χ2v) is 7.86. The molecule has 0 spiro atoms. The van der Waals surface area contributed by atoms with Crippen LogP contribution < -0.4 is 10.6 Å². The van der Waals surface area contributed by atoms with Crippen molar-refractivity contribution in [3.05, 3.63) is 40.6 Å². The molecular weight excluding hydrogens is 388 g/mol. The van der Waals surface area contributed by atoms with Crippen LogP contribution in [-0.4, -0.2) is 47.4 Å². The SMILES string of the molecule is CCOC[C@H](CCCNC(=O)OC(C)(C)C)Nc1c([N+](=O)[O-])cnc2ccccc12. The van der Waals surface area contributed by atoms with E-state index in [0.717, 1.165) is 0 Å². The van der Waals surface area contributed by atoms with Crippen molar-refractivity contribution in [2.45, 2.75) is 52.2 Å². The summed E-state index contributed by atoms with van der Waals surface area (Å²) in [7, 11) is 0. The summed E-state index contributed by atoms with van der Waals surface area (Å²) in [5, 5.41) is 18.2. The predicted molar refractivity (Wildman–Crippen MR) is 116 cm³/mol. The lowest BCUT2D eigenvalue weighted by Crippen LogP contribution is -2.34. The van der Waals surface area contributed by atoms with Gasteiger partial charge in [0, 0.05) is 24.6 Å². The molecule has 0 saturated carbocycles. The van der Waals surface area contributed by atoms with Crippen molar-refractivity contribution in [3.8, 4) is 0 Å². The molecule has 9 nitrogen and oxygen atoms in total. The third-order valence-electron chi connectivity index (χ3n) is 4.22. The van der Waals surface area contributed by atoms with Crippen LogP contribution in [0, 0.1) is 10.1 Å². The van der Waals surface area contributed by atoms with E-state index < -0.39 is 16.6 Å². The van der Waals surface area contributed by atoms with E-state index in [1.165, 1.54) is 6.20 Å². The number of anilines is 1. The fraction of sp³-hybridized carbons (Fsp3) is 0.524. The van der Waals surface area contributed by atoms with Gasteiger partial charge in [-0.15, -0.1) is 0 Å². The van der Waals surface area contributed by atoms with Crippen molar-refractivity contribution in [3.63, 3.8) is 0 Å². The number of rotatable bonds is 10. The third kappa shape index (κ3) is 7.14. The fourth-order valence-electron chi connectivity index (χ4n) is 2.94. The van der Waals surface area contributed by atoms with Crippen molar-refractivity contribution in [1.29, 1.82) is 0 Å². The minimum Gasteiger partial charge on any atom is -0.444 e. The molecule has 1 atom stereocenters. The minimum atomic E-state index is -0.551. The Bertz CT molecular complexity index is 866. The number of carbonyl (C=O) groups excluding carboxylic acids is 1. The summed E-state index contributed by atoms with van der Waals surface area (Å²) in [4.78, 5) is 27.1. The Labute approximate surface area is 176 Å². The van der Waals surface area contributed by atoms with Crippen molar-refractivity contribution in [2.24, 2.45) is 0 Å². The molecule has 9 heteroatoms. The number of hydrogen-bond donors (Lipinski definition) is 2. The standard InChI is InChI=1S/C21H30N4O5/c1-5-29-14-15(9-8-12-22-20(26)30-21(2,3)4)24-19-16-10-6-7-11-17(16)23-13-18(19)25(27)28/h6-7,10-11,13,15H,5,8-9,12,14H2,1-4H3,(H,22,26)(H,23,24)/t15-/m0/s1. The van der Waals surface area contributed by atoms with Crippen molar-refractivity contribution < 1.29 is 19.2 Å². The number of ether oxygens (including phenoxy) is 2. The Morgan fingerprint density at radius 2 is 2.03 bits per heavy atom. The molecule has 2 rings (SSSR count). The Morgan fingerprint density at radius 3 is 2.70 bits per heavy atom. The maximum atomic E-state index is 11.8. The highest BCUT2D eigenvalue weighted by atomic mass is 16.6. The second-order valence-electron chi connectivity index (χ2n) is 7.86. The number of aromatic nitrogens is 1. The maximum Gasteiger partial charge on any atom is 0.407 e. The zero-order valence-corrected chi connectivity index (χ0v) is 17.9. The Balaban J connectivity index is 2.08. The summed E-state index contributed by atoms with van der Waals surface area (Å²) in [6.45, 7) is 8.66. The van der Waals surface area contributed by atoms with E-state index in [2.05, 4.69) is 15.6 Å². The molecule has 0 fully saturated rings. The topological polar surface area (TPSA) is 116 Å². The largest absolute Gasteiger partial charge is 0.444 e. The van der Waals surface area contributed by atoms with Gasteiger partial charge in [-0.2, -0.15) is 0 Å². The molecule has 1 aromatic heterocycles. The Kier molecular flexibility index (Phi) is 8.35. The van der Waals surface area contributed by atoms with Crippen molar-refractivity contribution in [2.75, 3.05) is 25.1 Å². The highest BCUT2D eigenvalue weighted by molar-refractivity contribution is 5.95. The summed E-state index contributed by atoms with van der Waals surface area (Å²) in [6, 6.07) is 7.10. The molecule has 2 N–H and O–H groups in total. The van der Waals surface area contributed by atoms with Gasteiger partial charge in [0.15, 0.2) is 0 Å². The zero-order valence-electron chi connectivity index (χ0n) is 17.9. The van der Waals surface area contributed by atoms with Crippen LogP contribution in [0.4, 0.5) is 16.2 Å². The van der Waals surface area contributed by atoms with Gasteiger partial charge < -0.3 is 20.1 Å². The van der Waals surface area contributed by atoms with Gasteiger partial charge in [-0.05, 0) is 46.6 Å². The number of pyridine rings is 1. The summed E-state index contributed by atoms with van der Waals surface area (Å²) in [5.74, 6) is 0. The number of hydrogen-bond acceptors (Lipinski definition) is 7. The Morgan fingerprint density at radius 1 is 1.30 bits per heavy atom. The molecule has 1 heterocycles. The highest BCUT2D eigenvalue weighted by Crippen LogP contribution is 2.32. The van der Waals surface area contributed by atoms with Gasteiger partial charge in [-0.3, -0.25) is 10.1 Å². The minimum absolute atomic E-state index is 0.0814. The summed E-state index contributed by atoms with van der Waals surface area (Å²) >= 11 is 0. The van der Waals surface area contributed by atoms with Crippen LogP contribution >= 0.6 is 0 Å². The third-order valence-corrected chi connectivity index (χ3v) is 4.22. The van der Waals surface area contributed by atoms with Crippen LogP contribution in [0.2, 0.25) is 0 Å². The molecule has 1 amide bonds. The lowest BCUT2D eigenvalue weighted by molar-refractivity contribution is -0.384. The molecule has 0 aliphatic heterocycles. The summed E-state index contributed by atoms with van der Waals surface area (Å²) in [6.07, 6.45) is 2.10. The maximum absolute atomic E-state index is 11.8. The molecule has 1 aromatic carbocycles. The first-order chi connectivity index (χ1) is 14.2. The number of fused-ring (bicyclic) bond motifs is 1. The lowest BCUT2D eigenvalue weighted by Gasteiger charge is -2.22. The van der Waals surface area contributed by atoms with E-state index in [4.69, 9.17) is 9.47 Å². The predicted octanol–water partition coefficient (Wildman–Crippen LogP) is 4.26. The smallest absolute Gasteiger partial charge is 0.407 e. The summed E-state index contributed by atoms with van der Waals surface area (Å²) in [5.41, 5.74) is 0.467. The molecule has 0 saturated heterocycles. The van der Waals surface area contributed by atoms with E-state index >= 15 is 0 Å².